The Balaban J connectivity index is 1.14. The zero-order valence-electron chi connectivity index (χ0n) is 21.1. The molecule has 4 aromatic rings. The van der Waals surface area contributed by atoms with Gasteiger partial charge in [0.1, 0.15) is 0 Å². The van der Waals surface area contributed by atoms with Gasteiger partial charge in [0.2, 0.25) is 11.8 Å². The molecule has 2 aromatic carbocycles. The van der Waals surface area contributed by atoms with Gasteiger partial charge >= 0.3 is 0 Å². The molecular weight excluding hydrogens is 476 g/mol. The summed E-state index contributed by atoms with van der Waals surface area (Å²) in [7, 11) is 0. The molecule has 2 heterocycles. The van der Waals surface area contributed by atoms with Crippen molar-refractivity contribution in [3.8, 4) is 0 Å². The van der Waals surface area contributed by atoms with Gasteiger partial charge in [0.15, 0.2) is 11.6 Å². The molecule has 0 radical (unpaired) electrons. The molecule has 0 bridgehead atoms. The molecule has 2 amide bonds. The molecule has 1 aliphatic carbocycles. The van der Waals surface area contributed by atoms with Gasteiger partial charge in [0.25, 0.3) is 0 Å². The molecule has 2 atom stereocenters. The fourth-order valence-electron chi connectivity index (χ4n) is 4.92. The van der Waals surface area contributed by atoms with Crippen LogP contribution < -0.4 is 10.6 Å². The highest BCUT2D eigenvalue weighted by Gasteiger charge is 2.27. The van der Waals surface area contributed by atoms with Gasteiger partial charge < -0.3 is 10.6 Å². The van der Waals surface area contributed by atoms with Crippen LogP contribution in [0, 0.1) is 0 Å². The Morgan fingerprint density at radius 1 is 0.605 bits per heavy atom. The normalized spacial score (nSPS) is 16.9. The zero-order chi connectivity index (χ0) is 26.2. The lowest BCUT2D eigenvalue weighted by atomic mass is 9.78. The molecule has 1 aliphatic rings. The van der Waals surface area contributed by atoms with E-state index >= 15 is 0 Å². The van der Waals surface area contributed by atoms with Crippen LogP contribution in [0.25, 0.3) is 0 Å². The van der Waals surface area contributed by atoms with E-state index in [-0.39, 0.29) is 23.7 Å². The van der Waals surface area contributed by atoms with Crippen molar-refractivity contribution < 1.29 is 9.59 Å². The van der Waals surface area contributed by atoms with Crippen molar-refractivity contribution in [1.29, 1.82) is 0 Å². The number of hydrogen-bond donors (Lipinski definition) is 2. The first-order chi connectivity index (χ1) is 18.6. The second-order valence-corrected chi connectivity index (χ2v) is 9.67. The van der Waals surface area contributed by atoms with Crippen molar-refractivity contribution in [3.05, 3.63) is 107 Å². The summed E-state index contributed by atoms with van der Waals surface area (Å²) in [6.45, 7) is 0. The molecule has 0 aliphatic heterocycles. The van der Waals surface area contributed by atoms with Gasteiger partial charge in [-0.15, -0.1) is 10.2 Å². The summed E-state index contributed by atoms with van der Waals surface area (Å²) in [6, 6.07) is 26.8. The predicted octanol–water partition coefficient (Wildman–Crippen LogP) is 5.07. The largest absolute Gasteiger partial charge is 0.309 e. The quantitative estimate of drug-likeness (QED) is 0.345. The molecule has 192 valence electrons. The third-order valence-electron chi connectivity index (χ3n) is 6.83. The van der Waals surface area contributed by atoms with E-state index in [1.54, 1.807) is 0 Å². The van der Waals surface area contributed by atoms with Crippen molar-refractivity contribution in [2.24, 2.45) is 0 Å². The van der Waals surface area contributed by atoms with E-state index in [1.165, 1.54) is 0 Å². The summed E-state index contributed by atoms with van der Waals surface area (Å²) in [5.74, 6) is 1.21. The lowest BCUT2D eigenvalue weighted by molar-refractivity contribution is -0.116. The Hall–Kier alpha value is -4.46. The molecule has 0 spiro atoms. The van der Waals surface area contributed by atoms with E-state index in [2.05, 4.69) is 31.0 Å². The van der Waals surface area contributed by atoms with E-state index in [9.17, 15) is 9.59 Å². The van der Waals surface area contributed by atoms with E-state index < -0.39 is 0 Å². The third-order valence-corrected chi connectivity index (χ3v) is 6.83. The molecular formula is C30H30N6O2. The second kappa shape index (κ2) is 12.2. The monoisotopic (exact) mass is 506 g/mol. The molecule has 5 rings (SSSR count). The van der Waals surface area contributed by atoms with E-state index in [0.717, 1.165) is 48.2 Å². The topological polar surface area (TPSA) is 110 Å². The number of rotatable bonds is 8. The first-order valence-electron chi connectivity index (χ1n) is 13.0. The first kappa shape index (κ1) is 25.2. The van der Waals surface area contributed by atoms with Crippen LogP contribution in [0.15, 0.2) is 84.9 Å². The summed E-state index contributed by atoms with van der Waals surface area (Å²) >= 11 is 0. The highest BCUT2D eigenvalue weighted by molar-refractivity contribution is 5.91. The van der Waals surface area contributed by atoms with Crippen molar-refractivity contribution in [2.45, 2.75) is 50.4 Å². The van der Waals surface area contributed by atoms with E-state index in [1.807, 2.05) is 84.9 Å². The minimum atomic E-state index is -0.116. The van der Waals surface area contributed by atoms with Crippen LogP contribution in [-0.2, 0) is 22.4 Å². The van der Waals surface area contributed by atoms with Crippen molar-refractivity contribution in [2.75, 3.05) is 10.6 Å². The van der Waals surface area contributed by atoms with Gasteiger partial charge in [0, 0.05) is 11.8 Å². The molecule has 38 heavy (non-hydrogen) atoms. The Bertz CT molecular complexity index is 1240. The standard InChI is InChI=1S/C30H30N6O2/c37-29(18-21-8-3-1-4-9-21)31-27-16-14-25(33-35-27)23-12-7-13-24(20-23)26-15-17-28(36-34-26)32-30(38)19-22-10-5-2-6-11-22/h1-6,8-11,14-17,23-24H,7,12-13,18-20H2,(H,31,35,37)(H,32,36,38)/t23-,24+. The maximum Gasteiger partial charge on any atom is 0.229 e. The molecule has 1 fully saturated rings. The van der Waals surface area contributed by atoms with E-state index in [4.69, 9.17) is 0 Å². The number of nitrogens with zero attached hydrogens (tertiary/aromatic N) is 4. The number of amides is 2. The molecule has 0 saturated heterocycles. The van der Waals surface area contributed by atoms with Crippen molar-refractivity contribution >= 4 is 23.5 Å². The maximum atomic E-state index is 12.3. The summed E-state index contributed by atoms with van der Waals surface area (Å²) < 4.78 is 0. The number of nitrogens with one attached hydrogen (secondary N) is 2. The Morgan fingerprint density at radius 2 is 1.05 bits per heavy atom. The minimum absolute atomic E-state index is 0.116. The van der Waals surface area contributed by atoms with Crippen LogP contribution in [0.1, 0.15) is 60.0 Å². The second-order valence-electron chi connectivity index (χ2n) is 9.67. The predicted molar refractivity (Wildman–Crippen MR) is 146 cm³/mol. The molecule has 0 unspecified atom stereocenters. The Morgan fingerprint density at radius 3 is 1.45 bits per heavy atom. The zero-order valence-corrected chi connectivity index (χ0v) is 21.1. The lowest BCUT2D eigenvalue weighted by Crippen LogP contribution is -2.18. The van der Waals surface area contributed by atoms with Crippen LogP contribution in [0.3, 0.4) is 0 Å². The average Bonchev–Trinajstić information content (AvgIpc) is 2.95. The van der Waals surface area contributed by atoms with Gasteiger partial charge in [-0.05, 0) is 54.7 Å². The molecule has 8 heteroatoms. The fourth-order valence-corrected chi connectivity index (χ4v) is 4.92. The van der Waals surface area contributed by atoms with Crippen LogP contribution >= 0.6 is 0 Å². The highest BCUT2D eigenvalue weighted by atomic mass is 16.2. The number of hydrogen-bond acceptors (Lipinski definition) is 6. The fraction of sp³-hybridized carbons (Fsp3) is 0.267. The minimum Gasteiger partial charge on any atom is -0.309 e. The van der Waals surface area contributed by atoms with Crippen LogP contribution in [0.5, 0.6) is 0 Å². The highest BCUT2D eigenvalue weighted by Crippen LogP contribution is 2.40. The van der Waals surface area contributed by atoms with Crippen LogP contribution in [-0.4, -0.2) is 32.2 Å². The van der Waals surface area contributed by atoms with Gasteiger partial charge in [0.05, 0.1) is 24.2 Å². The summed E-state index contributed by atoms with van der Waals surface area (Å²) in [4.78, 5) is 24.6. The van der Waals surface area contributed by atoms with Crippen molar-refractivity contribution in [3.63, 3.8) is 0 Å². The van der Waals surface area contributed by atoms with Crippen LogP contribution in [0.4, 0.5) is 11.6 Å². The number of carbonyl (C=O) groups is 2. The van der Waals surface area contributed by atoms with Gasteiger partial charge in [-0.2, -0.15) is 10.2 Å². The molecule has 2 aromatic heterocycles. The average molecular weight is 507 g/mol. The van der Waals surface area contributed by atoms with E-state index in [0.29, 0.717) is 24.5 Å². The number of anilines is 2. The Kier molecular flexibility index (Phi) is 8.08. The first-order valence-corrected chi connectivity index (χ1v) is 13.0. The molecule has 8 nitrogen and oxygen atoms in total. The third kappa shape index (κ3) is 6.85. The van der Waals surface area contributed by atoms with Gasteiger partial charge in [-0.25, -0.2) is 0 Å². The molecule has 2 N–H and O–H groups in total. The van der Waals surface area contributed by atoms with Gasteiger partial charge in [-0.1, -0.05) is 67.1 Å². The number of aromatic nitrogens is 4. The number of benzene rings is 2. The molecule has 1 saturated carbocycles. The smallest absolute Gasteiger partial charge is 0.229 e. The Labute approximate surface area is 221 Å². The van der Waals surface area contributed by atoms with Crippen LogP contribution in [0.2, 0.25) is 0 Å². The summed E-state index contributed by atoms with van der Waals surface area (Å²) in [6.07, 6.45) is 4.63. The lowest BCUT2D eigenvalue weighted by Gasteiger charge is -2.28. The summed E-state index contributed by atoms with van der Waals surface area (Å²) in [5, 5.41) is 23.0. The number of carbonyl (C=O) groups excluding carboxylic acids is 2. The maximum absolute atomic E-state index is 12.3. The van der Waals surface area contributed by atoms with Crippen molar-refractivity contribution in [1.82, 2.24) is 20.4 Å². The SMILES string of the molecule is O=C(Cc1ccccc1)Nc1ccc([C@@H]2CCC[C@H](c3ccc(NC(=O)Cc4ccccc4)nn3)C2)nn1. The summed E-state index contributed by atoms with van der Waals surface area (Å²) in [5.41, 5.74) is 3.75. The van der Waals surface area contributed by atoms with Gasteiger partial charge in [-0.3, -0.25) is 9.59 Å².